The zero-order valence-corrected chi connectivity index (χ0v) is 12.7. The Morgan fingerprint density at radius 2 is 2.10 bits per heavy atom. The van der Waals surface area contributed by atoms with Crippen LogP contribution in [0.1, 0.15) is 37.3 Å². The molecule has 0 unspecified atom stereocenters. The first-order valence-electron chi connectivity index (χ1n) is 7.33. The lowest BCUT2D eigenvalue weighted by Crippen LogP contribution is -2.60. The van der Waals surface area contributed by atoms with Gasteiger partial charge in [-0.25, -0.2) is 0 Å². The Balaban J connectivity index is 1.88. The Morgan fingerprint density at radius 3 is 2.86 bits per heavy atom. The Hall–Kier alpha value is -1.69. The zero-order valence-electron chi connectivity index (χ0n) is 11.9. The molecule has 6 heteroatoms. The fourth-order valence-corrected chi connectivity index (χ4v) is 4.02. The monoisotopic (exact) mass is 302 g/mol. The largest absolute Gasteiger partial charge is 0.361 e. The van der Waals surface area contributed by atoms with E-state index in [1.807, 2.05) is 29.5 Å². The number of anilines is 1. The lowest BCUT2D eigenvalue weighted by molar-refractivity contribution is -0.129. The minimum Gasteiger partial charge on any atom is -0.361 e. The van der Waals surface area contributed by atoms with E-state index in [0.29, 0.717) is 5.17 Å². The predicted octanol–water partition coefficient (Wildman–Crippen LogP) is 2.49. The van der Waals surface area contributed by atoms with Crippen LogP contribution in [0.4, 0.5) is 5.69 Å². The fraction of sp³-hybridized carbons (Fsp3) is 0.467. The molecule has 1 spiro atoms. The van der Waals surface area contributed by atoms with Gasteiger partial charge in [-0.3, -0.25) is 9.80 Å². The van der Waals surface area contributed by atoms with Gasteiger partial charge in [-0.15, -0.1) is 5.10 Å². The minimum absolute atomic E-state index is 0.0228. The molecule has 3 aliphatic rings. The first-order valence-corrected chi connectivity index (χ1v) is 8.56. The third-order valence-electron chi connectivity index (χ3n) is 4.61. The molecule has 0 aromatic heterocycles. The fourth-order valence-electron chi connectivity index (χ4n) is 3.64. The van der Waals surface area contributed by atoms with Gasteiger partial charge in [-0.1, -0.05) is 30.0 Å². The highest BCUT2D eigenvalue weighted by molar-refractivity contribution is 8.13. The second-order valence-corrected chi connectivity index (χ2v) is 6.59. The van der Waals surface area contributed by atoms with Gasteiger partial charge >= 0.3 is 0 Å². The van der Waals surface area contributed by atoms with Gasteiger partial charge < -0.3 is 10.6 Å². The summed E-state index contributed by atoms with van der Waals surface area (Å²) >= 11 is 1.48. The number of amides is 1. The van der Waals surface area contributed by atoms with Gasteiger partial charge in [-0.2, -0.15) is 0 Å². The third-order valence-corrected chi connectivity index (χ3v) is 5.18. The molecule has 1 amide bonds. The first-order chi connectivity index (χ1) is 10.2. The van der Waals surface area contributed by atoms with Crippen molar-refractivity contribution in [2.75, 3.05) is 11.6 Å². The molecular formula is C15H18N4OS. The summed E-state index contributed by atoms with van der Waals surface area (Å²) in [7, 11) is 0. The van der Waals surface area contributed by atoms with Gasteiger partial charge in [0.2, 0.25) is 0 Å². The van der Waals surface area contributed by atoms with E-state index in [2.05, 4.69) is 16.7 Å². The van der Waals surface area contributed by atoms with Gasteiger partial charge in [0, 0.05) is 11.3 Å². The van der Waals surface area contributed by atoms with Crippen LogP contribution in [0.5, 0.6) is 0 Å². The quantitative estimate of drug-likeness (QED) is 0.773. The maximum atomic E-state index is 12.6. The number of hydrogen-bond donors (Lipinski definition) is 2. The van der Waals surface area contributed by atoms with Crippen LogP contribution >= 0.6 is 11.8 Å². The van der Waals surface area contributed by atoms with Gasteiger partial charge in [0.25, 0.3) is 5.91 Å². The average molecular weight is 302 g/mol. The van der Waals surface area contributed by atoms with E-state index in [0.717, 1.165) is 24.1 Å². The molecule has 5 nitrogen and oxygen atoms in total. The summed E-state index contributed by atoms with van der Waals surface area (Å²) in [4.78, 5) is 12.6. The average Bonchev–Trinajstić information content (AvgIpc) is 2.96. The standard InChI is InChI=1S/C15H18N4OS/c1-21-14-16-13(20)12-10-6-2-3-7-11(10)17-15(19(12)18-14)8-4-5-9-15/h2-3,6-7,12,17H,4-5,8-9H2,1H3,(H,16,18,20)/t12-/m1/s1. The van der Waals surface area contributed by atoms with E-state index in [-0.39, 0.29) is 17.6 Å². The Labute approximate surface area is 128 Å². The molecule has 1 fully saturated rings. The number of carbonyl (C=O) groups excluding carboxylic acids is 1. The lowest BCUT2D eigenvalue weighted by atomic mass is 9.93. The van der Waals surface area contributed by atoms with Crippen molar-refractivity contribution in [2.45, 2.75) is 37.4 Å². The summed E-state index contributed by atoms with van der Waals surface area (Å²) in [5.41, 5.74) is 1.87. The Morgan fingerprint density at radius 1 is 1.33 bits per heavy atom. The normalized spacial score (nSPS) is 25.8. The van der Waals surface area contributed by atoms with E-state index in [1.165, 1.54) is 24.6 Å². The van der Waals surface area contributed by atoms with Crippen molar-refractivity contribution in [1.29, 1.82) is 0 Å². The highest BCUT2D eigenvalue weighted by Gasteiger charge is 2.51. The van der Waals surface area contributed by atoms with Crippen LogP contribution in [-0.4, -0.2) is 28.0 Å². The highest BCUT2D eigenvalue weighted by atomic mass is 32.2. The summed E-state index contributed by atoms with van der Waals surface area (Å²) < 4.78 is 0. The number of nitrogens with one attached hydrogen (secondary N) is 2. The second kappa shape index (κ2) is 4.66. The van der Waals surface area contributed by atoms with E-state index in [4.69, 9.17) is 5.10 Å². The van der Waals surface area contributed by atoms with E-state index < -0.39 is 0 Å². The van der Waals surface area contributed by atoms with Crippen molar-refractivity contribution in [1.82, 2.24) is 10.3 Å². The van der Waals surface area contributed by atoms with Crippen molar-refractivity contribution in [3.63, 3.8) is 0 Å². The molecule has 4 rings (SSSR count). The van der Waals surface area contributed by atoms with Crippen molar-refractivity contribution < 1.29 is 4.79 Å². The van der Waals surface area contributed by atoms with E-state index >= 15 is 0 Å². The Kier molecular flexibility index (Phi) is 2.89. The zero-order chi connectivity index (χ0) is 14.4. The molecule has 1 aromatic carbocycles. The molecular weight excluding hydrogens is 284 g/mol. The number of hydrogen-bond acceptors (Lipinski definition) is 5. The number of rotatable bonds is 0. The van der Waals surface area contributed by atoms with Crippen LogP contribution in [0, 0.1) is 0 Å². The number of thioether (sulfide) groups is 1. The molecule has 1 aromatic rings. The molecule has 21 heavy (non-hydrogen) atoms. The molecule has 1 aliphatic carbocycles. The first kappa shape index (κ1) is 13.0. The number of para-hydroxylation sites is 1. The van der Waals surface area contributed by atoms with Crippen LogP contribution in [0.2, 0.25) is 0 Å². The van der Waals surface area contributed by atoms with Gasteiger partial charge in [0.05, 0.1) is 0 Å². The number of amidine groups is 1. The Bertz CT molecular complexity index is 624. The van der Waals surface area contributed by atoms with Crippen molar-refractivity contribution in [2.24, 2.45) is 5.10 Å². The predicted molar refractivity (Wildman–Crippen MR) is 84.9 cm³/mol. The molecule has 1 saturated carbocycles. The maximum Gasteiger partial charge on any atom is 0.255 e. The number of fused-ring (bicyclic) bond motifs is 4. The molecule has 1 atom stereocenters. The molecule has 0 radical (unpaired) electrons. The SMILES string of the molecule is CSC1=NN2[C@@H](C(=O)N1)c1ccccc1NC21CCCC1. The molecule has 0 bridgehead atoms. The van der Waals surface area contributed by atoms with E-state index in [9.17, 15) is 4.79 Å². The number of carbonyl (C=O) groups is 1. The molecule has 2 aliphatic heterocycles. The summed E-state index contributed by atoms with van der Waals surface area (Å²) in [6.45, 7) is 0. The molecule has 2 heterocycles. The summed E-state index contributed by atoms with van der Waals surface area (Å²) in [6, 6.07) is 7.75. The topological polar surface area (TPSA) is 56.7 Å². The summed E-state index contributed by atoms with van der Waals surface area (Å²) in [6.07, 6.45) is 6.33. The maximum absolute atomic E-state index is 12.6. The van der Waals surface area contributed by atoms with Crippen molar-refractivity contribution in [3.8, 4) is 0 Å². The number of nitrogens with zero attached hydrogens (tertiary/aromatic N) is 2. The smallest absolute Gasteiger partial charge is 0.255 e. The number of benzene rings is 1. The second-order valence-electron chi connectivity index (χ2n) is 5.80. The minimum atomic E-state index is -0.323. The summed E-state index contributed by atoms with van der Waals surface area (Å²) in [5, 5.41) is 14.0. The lowest BCUT2D eigenvalue weighted by Gasteiger charge is -2.50. The molecule has 110 valence electrons. The highest BCUT2D eigenvalue weighted by Crippen LogP contribution is 2.47. The summed E-state index contributed by atoms with van der Waals surface area (Å²) in [5.74, 6) is 0.0228. The van der Waals surface area contributed by atoms with Gasteiger partial charge in [-0.05, 0) is 38.0 Å². The van der Waals surface area contributed by atoms with Crippen LogP contribution in [-0.2, 0) is 4.79 Å². The molecule has 2 N–H and O–H groups in total. The number of hydrazone groups is 1. The van der Waals surface area contributed by atoms with Gasteiger partial charge in [0.15, 0.2) is 11.2 Å². The van der Waals surface area contributed by atoms with Crippen molar-refractivity contribution in [3.05, 3.63) is 29.8 Å². The van der Waals surface area contributed by atoms with Crippen molar-refractivity contribution >= 4 is 28.5 Å². The van der Waals surface area contributed by atoms with Crippen LogP contribution in [0.3, 0.4) is 0 Å². The third kappa shape index (κ3) is 1.85. The van der Waals surface area contributed by atoms with Gasteiger partial charge in [0.1, 0.15) is 5.66 Å². The van der Waals surface area contributed by atoms with E-state index in [1.54, 1.807) is 0 Å². The van der Waals surface area contributed by atoms with Crippen LogP contribution < -0.4 is 10.6 Å². The molecule has 0 saturated heterocycles. The van der Waals surface area contributed by atoms with Crippen LogP contribution in [0.15, 0.2) is 29.4 Å². The van der Waals surface area contributed by atoms with Crippen LogP contribution in [0.25, 0.3) is 0 Å².